The summed E-state index contributed by atoms with van der Waals surface area (Å²) < 4.78 is 11.2. The van der Waals surface area contributed by atoms with Gasteiger partial charge < -0.3 is 9.47 Å². The van der Waals surface area contributed by atoms with Crippen LogP contribution < -0.4 is 5.32 Å². The molecule has 0 aromatic heterocycles. The monoisotopic (exact) mass is 297 g/mol. The molecule has 0 aromatic rings. The molecule has 21 heavy (non-hydrogen) atoms. The number of carbonyl (C=O) groups is 1. The van der Waals surface area contributed by atoms with Gasteiger partial charge in [0.15, 0.2) is 0 Å². The van der Waals surface area contributed by atoms with Crippen LogP contribution in [-0.2, 0) is 14.3 Å². The molecule has 2 saturated carbocycles. The first-order valence-corrected chi connectivity index (χ1v) is 8.61. The maximum absolute atomic E-state index is 12.5. The van der Waals surface area contributed by atoms with Gasteiger partial charge in [-0.1, -0.05) is 13.8 Å². The molecule has 0 heterocycles. The molecule has 4 nitrogen and oxygen atoms in total. The highest BCUT2D eigenvalue weighted by atomic mass is 16.5. The van der Waals surface area contributed by atoms with E-state index >= 15 is 0 Å². The van der Waals surface area contributed by atoms with Crippen molar-refractivity contribution in [2.75, 3.05) is 19.8 Å². The second-order valence-corrected chi connectivity index (χ2v) is 6.97. The maximum Gasteiger partial charge on any atom is 0.329 e. The minimum atomic E-state index is -0.588. The molecule has 0 radical (unpaired) electrons. The van der Waals surface area contributed by atoms with Gasteiger partial charge in [-0.05, 0) is 57.3 Å². The Morgan fingerprint density at radius 2 is 2.00 bits per heavy atom. The van der Waals surface area contributed by atoms with Crippen molar-refractivity contribution in [2.45, 2.75) is 70.9 Å². The second-order valence-electron chi connectivity index (χ2n) is 6.97. The summed E-state index contributed by atoms with van der Waals surface area (Å²) in [5.74, 6) is 0.988. The van der Waals surface area contributed by atoms with Crippen molar-refractivity contribution in [2.24, 2.45) is 11.8 Å². The summed E-state index contributed by atoms with van der Waals surface area (Å²) >= 11 is 0. The lowest BCUT2D eigenvalue weighted by Crippen LogP contribution is -2.59. The van der Waals surface area contributed by atoms with E-state index in [1.807, 2.05) is 6.92 Å². The molecule has 2 rings (SSSR count). The Labute approximate surface area is 129 Å². The topological polar surface area (TPSA) is 47.6 Å². The molecule has 4 heteroatoms. The van der Waals surface area contributed by atoms with Crippen LogP contribution in [0.3, 0.4) is 0 Å². The minimum absolute atomic E-state index is 0.108. The van der Waals surface area contributed by atoms with E-state index in [0.29, 0.717) is 31.1 Å². The fourth-order valence-corrected chi connectivity index (χ4v) is 2.82. The number of carbonyl (C=O) groups excluding carboxylic acids is 1. The summed E-state index contributed by atoms with van der Waals surface area (Å²) in [5, 5.41) is 3.55. The summed E-state index contributed by atoms with van der Waals surface area (Å²) in [6.07, 6.45) is 6.78. The molecular formula is C17H31NO3. The van der Waals surface area contributed by atoms with Crippen molar-refractivity contribution in [1.29, 1.82) is 0 Å². The van der Waals surface area contributed by atoms with Gasteiger partial charge in [0.1, 0.15) is 5.54 Å². The zero-order valence-corrected chi connectivity index (χ0v) is 13.8. The molecule has 0 bridgehead atoms. The average molecular weight is 297 g/mol. The third kappa shape index (κ3) is 4.96. The highest BCUT2D eigenvalue weighted by molar-refractivity contribution is 5.82. The van der Waals surface area contributed by atoms with Gasteiger partial charge in [-0.2, -0.15) is 0 Å². The Hall–Kier alpha value is -0.610. The molecular weight excluding hydrogens is 266 g/mol. The molecule has 0 aromatic carbocycles. The molecule has 1 unspecified atom stereocenters. The van der Waals surface area contributed by atoms with Crippen LogP contribution in [-0.4, -0.2) is 37.4 Å². The van der Waals surface area contributed by atoms with Gasteiger partial charge in [0, 0.05) is 12.6 Å². The zero-order chi connectivity index (χ0) is 15.3. The van der Waals surface area contributed by atoms with Gasteiger partial charge in [-0.15, -0.1) is 0 Å². The predicted molar refractivity (Wildman–Crippen MR) is 83.1 cm³/mol. The van der Waals surface area contributed by atoms with E-state index < -0.39 is 5.54 Å². The van der Waals surface area contributed by atoms with Crippen LogP contribution in [0.4, 0.5) is 0 Å². The van der Waals surface area contributed by atoms with Gasteiger partial charge in [0.05, 0.1) is 13.2 Å². The van der Waals surface area contributed by atoms with Crippen LogP contribution >= 0.6 is 0 Å². The van der Waals surface area contributed by atoms with Crippen molar-refractivity contribution >= 4 is 5.97 Å². The van der Waals surface area contributed by atoms with E-state index in [9.17, 15) is 4.79 Å². The summed E-state index contributed by atoms with van der Waals surface area (Å²) in [4.78, 5) is 12.5. The molecule has 1 N–H and O–H groups in total. The SMILES string of the molecule is CCOC(=O)C(COCCCC(C)C)(NC1CC1)C1CC1. The van der Waals surface area contributed by atoms with E-state index in [2.05, 4.69) is 19.2 Å². The zero-order valence-electron chi connectivity index (χ0n) is 13.8. The van der Waals surface area contributed by atoms with Crippen LogP contribution in [0.5, 0.6) is 0 Å². The number of rotatable bonds is 11. The van der Waals surface area contributed by atoms with Crippen molar-refractivity contribution in [3.05, 3.63) is 0 Å². The third-order valence-corrected chi connectivity index (χ3v) is 4.35. The van der Waals surface area contributed by atoms with Crippen molar-refractivity contribution in [3.8, 4) is 0 Å². The van der Waals surface area contributed by atoms with Gasteiger partial charge in [0.25, 0.3) is 0 Å². The summed E-state index contributed by atoms with van der Waals surface area (Å²) in [6, 6.07) is 0.481. The van der Waals surface area contributed by atoms with Crippen LogP contribution in [0.1, 0.15) is 59.3 Å². The van der Waals surface area contributed by atoms with Gasteiger partial charge in [-0.3, -0.25) is 5.32 Å². The first kappa shape index (κ1) is 16.8. The Morgan fingerprint density at radius 3 is 2.52 bits per heavy atom. The molecule has 2 fully saturated rings. The minimum Gasteiger partial charge on any atom is -0.465 e. The summed E-state index contributed by atoms with van der Waals surface area (Å²) in [7, 11) is 0. The summed E-state index contributed by atoms with van der Waals surface area (Å²) in [6.45, 7) is 7.95. The van der Waals surface area contributed by atoms with E-state index in [0.717, 1.165) is 25.9 Å². The fourth-order valence-electron chi connectivity index (χ4n) is 2.82. The Balaban J connectivity index is 1.88. The Bertz CT molecular complexity index is 337. The number of esters is 1. The number of ether oxygens (including phenoxy) is 2. The average Bonchev–Trinajstić information content (AvgIpc) is 3.29. The first-order chi connectivity index (χ1) is 10.1. The third-order valence-electron chi connectivity index (χ3n) is 4.35. The van der Waals surface area contributed by atoms with Crippen LogP contribution in [0.2, 0.25) is 0 Å². The predicted octanol–water partition coefficient (Wildman–Crippen LogP) is 2.90. The number of hydrogen-bond acceptors (Lipinski definition) is 4. The van der Waals surface area contributed by atoms with E-state index in [-0.39, 0.29) is 5.97 Å². The largest absolute Gasteiger partial charge is 0.465 e. The smallest absolute Gasteiger partial charge is 0.329 e. The van der Waals surface area contributed by atoms with Gasteiger partial charge >= 0.3 is 5.97 Å². The molecule has 0 spiro atoms. The fraction of sp³-hybridized carbons (Fsp3) is 0.941. The second kappa shape index (κ2) is 7.59. The lowest BCUT2D eigenvalue weighted by atomic mass is 9.93. The van der Waals surface area contributed by atoms with Crippen molar-refractivity contribution in [1.82, 2.24) is 5.32 Å². The molecule has 1 atom stereocenters. The molecule has 122 valence electrons. The van der Waals surface area contributed by atoms with Crippen LogP contribution in [0, 0.1) is 11.8 Å². The highest BCUT2D eigenvalue weighted by Gasteiger charge is 2.54. The van der Waals surface area contributed by atoms with E-state index in [4.69, 9.17) is 9.47 Å². The lowest BCUT2D eigenvalue weighted by Gasteiger charge is -2.32. The lowest BCUT2D eigenvalue weighted by molar-refractivity contribution is -0.155. The van der Waals surface area contributed by atoms with Crippen molar-refractivity contribution in [3.63, 3.8) is 0 Å². The van der Waals surface area contributed by atoms with E-state index in [1.54, 1.807) is 0 Å². The molecule has 0 amide bonds. The van der Waals surface area contributed by atoms with Crippen LogP contribution in [0.25, 0.3) is 0 Å². The number of hydrogen-bond donors (Lipinski definition) is 1. The first-order valence-electron chi connectivity index (χ1n) is 8.61. The quantitative estimate of drug-likeness (QED) is 0.470. The molecule has 0 saturated heterocycles. The summed E-state index contributed by atoms with van der Waals surface area (Å²) in [5.41, 5.74) is -0.588. The molecule has 2 aliphatic rings. The number of nitrogens with one attached hydrogen (secondary N) is 1. The van der Waals surface area contributed by atoms with Crippen LogP contribution in [0.15, 0.2) is 0 Å². The molecule has 2 aliphatic carbocycles. The Morgan fingerprint density at radius 1 is 1.29 bits per heavy atom. The van der Waals surface area contributed by atoms with Crippen molar-refractivity contribution < 1.29 is 14.3 Å². The van der Waals surface area contributed by atoms with Gasteiger partial charge in [0.2, 0.25) is 0 Å². The maximum atomic E-state index is 12.5. The normalized spacial score (nSPS) is 21.3. The Kier molecular flexibility index (Phi) is 6.06. The standard InChI is InChI=1S/C17H31NO3/c1-4-21-16(19)17(14-7-8-14,18-15-9-10-15)12-20-11-5-6-13(2)3/h13-15,18H,4-12H2,1-3H3. The van der Waals surface area contributed by atoms with E-state index in [1.165, 1.54) is 19.3 Å². The van der Waals surface area contributed by atoms with Gasteiger partial charge in [-0.25, -0.2) is 4.79 Å². The molecule has 0 aliphatic heterocycles. The highest BCUT2D eigenvalue weighted by Crippen LogP contribution is 2.42.